The third-order valence-corrected chi connectivity index (χ3v) is 2.70. The van der Waals surface area contributed by atoms with E-state index in [0.29, 0.717) is 11.3 Å². The summed E-state index contributed by atoms with van der Waals surface area (Å²) < 4.78 is 9.38. The lowest BCUT2D eigenvalue weighted by Gasteiger charge is -2.07. The summed E-state index contributed by atoms with van der Waals surface area (Å²) in [7, 11) is 1.28. The number of ether oxygens (including phenoxy) is 2. The van der Waals surface area contributed by atoms with Crippen molar-refractivity contribution in [2.75, 3.05) is 19.0 Å². The molecule has 0 radical (unpaired) electrons. The molecule has 1 heterocycles. The van der Waals surface area contributed by atoms with Gasteiger partial charge in [0.1, 0.15) is 0 Å². The summed E-state index contributed by atoms with van der Waals surface area (Å²) in [6, 6.07) is 6.09. The number of hydrogen-bond donors (Lipinski definition) is 1. The van der Waals surface area contributed by atoms with Gasteiger partial charge in [-0.2, -0.15) is 0 Å². The summed E-state index contributed by atoms with van der Waals surface area (Å²) in [6.07, 6.45) is 4.01. The van der Waals surface area contributed by atoms with E-state index in [2.05, 4.69) is 20.0 Å². The number of aromatic nitrogens is 2. The molecule has 23 heavy (non-hydrogen) atoms. The van der Waals surface area contributed by atoms with E-state index in [0.717, 1.165) is 0 Å². The molecule has 1 amide bonds. The second kappa shape index (κ2) is 7.64. The fourth-order valence-corrected chi connectivity index (χ4v) is 1.61. The lowest BCUT2D eigenvalue weighted by molar-refractivity contribution is -0.119. The fraction of sp³-hybridized carbons (Fsp3) is 0.133. The molecule has 0 unspecified atom stereocenters. The third kappa shape index (κ3) is 4.60. The van der Waals surface area contributed by atoms with E-state index in [9.17, 15) is 14.4 Å². The number of methoxy groups -OCH3 is 1. The first-order chi connectivity index (χ1) is 11.1. The van der Waals surface area contributed by atoms with Crippen LogP contribution in [0.3, 0.4) is 0 Å². The molecule has 1 N–H and O–H groups in total. The van der Waals surface area contributed by atoms with Gasteiger partial charge in [0.25, 0.3) is 5.91 Å². The van der Waals surface area contributed by atoms with Crippen LogP contribution in [-0.2, 0) is 14.3 Å². The van der Waals surface area contributed by atoms with Gasteiger partial charge in [-0.1, -0.05) is 0 Å². The summed E-state index contributed by atoms with van der Waals surface area (Å²) in [4.78, 5) is 42.1. The smallest absolute Gasteiger partial charge is 0.359 e. The summed E-state index contributed by atoms with van der Waals surface area (Å²) in [5, 5.41) is 2.53. The molecule has 8 nitrogen and oxygen atoms in total. The van der Waals surface area contributed by atoms with Crippen molar-refractivity contribution in [3.05, 3.63) is 54.1 Å². The molecule has 0 bridgehead atoms. The number of benzene rings is 1. The number of anilines is 1. The van der Waals surface area contributed by atoms with Crippen molar-refractivity contribution in [1.82, 2.24) is 9.97 Å². The van der Waals surface area contributed by atoms with Crippen LogP contribution in [0.25, 0.3) is 0 Å². The molecule has 0 saturated heterocycles. The SMILES string of the molecule is COC(=O)c1ccc(NC(=O)COC(=O)c2cnccn2)cc1. The Kier molecular flexibility index (Phi) is 5.35. The number of nitrogens with zero attached hydrogens (tertiary/aromatic N) is 2. The topological polar surface area (TPSA) is 107 Å². The Labute approximate surface area is 131 Å². The van der Waals surface area contributed by atoms with Gasteiger partial charge in [-0.3, -0.25) is 9.78 Å². The van der Waals surface area contributed by atoms with Gasteiger partial charge in [0, 0.05) is 18.1 Å². The van der Waals surface area contributed by atoms with E-state index >= 15 is 0 Å². The number of esters is 2. The molecule has 2 aromatic rings. The zero-order chi connectivity index (χ0) is 16.7. The summed E-state index contributed by atoms with van der Waals surface area (Å²) >= 11 is 0. The first-order valence-electron chi connectivity index (χ1n) is 6.51. The predicted octanol–water partition coefficient (Wildman–Crippen LogP) is 1.06. The van der Waals surface area contributed by atoms with E-state index in [1.807, 2.05) is 0 Å². The maximum atomic E-state index is 11.7. The van der Waals surface area contributed by atoms with Gasteiger partial charge in [-0.25, -0.2) is 14.6 Å². The Balaban J connectivity index is 1.85. The Morgan fingerprint density at radius 2 is 1.83 bits per heavy atom. The molecule has 0 aliphatic heterocycles. The molecule has 0 atom stereocenters. The van der Waals surface area contributed by atoms with Gasteiger partial charge < -0.3 is 14.8 Å². The fourth-order valence-electron chi connectivity index (χ4n) is 1.61. The van der Waals surface area contributed by atoms with E-state index in [1.165, 1.54) is 50.0 Å². The number of nitrogens with one attached hydrogen (secondary N) is 1. The monoisotopic (exact) mass is 315 g/mol. The minimum atomic E-state index is -0.741. The number of rotatable bonds is 5. The average Bonchev–Trinajstić information content (AvgIpc) is 2.60. The Morgan fingerprint density at radius 1 is 1.09 bits per heavy atom. The highest BCUT2D eigenvalue weighted by atomic mass is 16.5. The lowest BCUT2D eigenvalue weighted by Crippen LogP contribution is -2.21. The first-order valence-corrected chi connectivity index (χ1v) is 6.51. The average molecular weight is 315 g/mol. The molecule has 0 saturated carbocycles. The second-order valence-electron chi connectivity index (χ2n) is 4.28. The van der Waals surface area contributed by atoms with Crippen LogP contribution in [0.1, 0.15) is 20.8 Å². The van der Waals surface area contributed by atoms with Crippen molar-refractivity contribution in [2.24, 2.45) is 0 Å². The van der Waals surface area contributed by atoms with Crippen LogP contribution >= 0.6 is 0 Å². The minimum absolute atomic E-state index is 0.0164. The van der Waals surface area contributed by atoms with Crippen molar-refractivity contribution in [2.45, 2.75) is 0 Å². The van der Waals surface area contributed by atoms with Gasteiger partial charge in [-0.05, 0) is 24.3 Å². The highest BCUT2D eigenvalue weighted by molar-refractivity contribution is 5.95. The highest BCUT2D eigenvalue weighted by Crippen LogP contribution is 2.10. The molecule has 1 aromatic heterocycles. The number of amides is 1. The van der Waals surface area contributed by atoms with Gasteiger partial charge in [0.15, 0.2) is 12.3 Å². The Bertz CT molecular complexity index is 701. The van der Waals surface area contributed by atoms with E-state index in [-0.39, 0.29) is 5.69 Å². The molecule has 118 valence electrons. The zero-order valence-corrected chi connectivity index (χ0v) is 12.2. The van der Waals surface area contributed by atoms with Gasteiger partial charge in [0.2, 0.25) is 0 Å². The van der Waals surface area contributed by atoms with Crippen molar-refractivity contribution >= 4 is 23.5 Å². The van der Waals surface area contributed by atoms with Crippen LogP contribution in [0.5, 0.6) is 0 Å². The van der Waals surface area contributed by atoms with Crippen LogP contribution in [0.4, 0.5) is 5.69 Å². The molecular formula is C15H13N3O5. The maximum absolute atomic E-state index is 11.7. The molecule has 8 heteroatoms. The van der Waals surface area contributed by atoms with Crippen LogP contribution < -0.4 is 5.32 Å². The van der Waals surface area contributed by atoms with Crippen molar-refractivity contribution in [1.29, 1.82) is 0 Å². The van der Waals surface area contributed by atoms with Gasteiger partial charge in [-0.15, -0.1) is 0 Å². The first kappa shape index (κ1) is 16.1. The number of carbonyl (C=O) groups excluding carboxylic acids is 3. The van der Waals surface area contributed by atoms with Crippen LogP contribution in [0.15, 0.2) is 42.9 Å². The van der Waals surface area contributed by atoms with E-state index in [1.54, 1.807) is 0 Å². The summed E-state index contributed by atoms with van der Waals surface area (Å²) in [5.74, 6) is -1.73. The number of carbonyl (C=O) groups is 3. The van der Waals surface area contributed by atoms with E-state index in [4.69, 9.17) is 4.74 Å². The normalized spacial score (nSPS) is 9.78. The predicted molar refractivity (Wildman–Crippen MR) is 78.7 cm³/mol. The third-order valence-electron chi connectivity index (χ3n) is 2.70. The molecule has 1 aromatic carbocycles. The minimum Gasteiger partial charge on any atom is -0.465 e. The second-order valence-corrected chi connectivity index (χ2v) is 4.28. The van der Waals surface area contributed by atoms with Crippen LogP contribution in [-0.4, -0.2) is 41.5 Å². The quantitative estimate of drug-likeness (QED) is 0.822. The van der Waals surface area contributed by atoms with Crippen molar-refractivity contribution in [3.63, 3.8) is 0 Å². The summed E-state index contributed by atoms with van der Waals surface area (Å²) in [6.45, 7) is -0.464. The maximum Gasteiger partial charge on any atom is 0.359 e. The standard InChI is InChI=1S/C15H13N3O5/c1-22-14(20)10-2-4-11(5-3-10)18-13(19)9-23-15(21)12-8-16-6-7-17-12/h2-8H,9H2,1H3,(H,18,19). The molecular weight excluding hydrogens is 302 g/mol. The Morgan fingerprint density at radius 3 is 2.43 bits per heavy atom. The largest absolute Gasteiger partial charge is 0.465 e. The van der Waals surface area contributed by atoms with E-state index < -0.39 is 24.5 Å². The number of hydrogen-bond acceptors (Lipinski definition) is 7. The molecule has 0 spiro atoms. The molecule has 0 aliphatic carbocycles. The Hall–Kier alpha value is -3.29. The van der Waals surface area contributed by atoms with Crippen LogP contribution in [0, 0.1) is 0 Å². The molecule has 2 rings (SSSR count). The van der Waals surface area contributed by atoms with Crippen molar-refractivity contribution in [3.8, 4) is 0 Å². The lowest BCUT2D eigenvalue weighted by atomic mass is 10.2. The van der Waals surface area contributed by atoms with Gasteiger partial charge >= 0.3 is 11.9 Å². The molecule has 0 aliphatic rings. The van der Waals surface area contributed by atoms with Gasteiger partial charge in [0.05, 0.1) is 18.9 Å². The zero-order valence-electron chi connectivity index (χ0n) is 12.2. The summed E-state index contributed by atoms with van der Waals surface area (Å²) in [5.41, 5.74) is 0.834. The molecule has 0 fully saturated rings. The van der Waals surface area contributed by atoms with Crippen LogP contribution in [0.2, 0.25) is 0 Å². The van der Waals surface area contributed by atoms with Crippen molar-refractivity contribution < 1.29 is 23.9 Å². The highest BCUT2D eigenvalue weighted by Gasteiger charge is 2.12.